The van der Waals surface area contributed by atoms with Crippen LogP contribution in [0.5, 0.6) is 0 Å². The normalized spacial score (nSPS) is 17.6. The molecule has 1 aromatic heterocycles. The average molecular weight is 256 g/mol. The zero-order chi connectivity index (χ0) is 13.5. The molecule has 1 saturated carbocycles. The van der Waals surface area contributed by atoms with Crippen molar-refractivity contribution in [2.75, 3.05) is 0 Å². The van der Waals surface area contributed by atoms with Crippen molar-refractivity contribution in [2.24, 2.45) is 5.92 Å². The van der Waals surface area contributed by atoms with Gasteiger partial charge < -0.3 is 0 Å². The highest BCUT2D eigenvalue weighted by atomic mass is 16.1. The molecule has 1 fully saturated rings. The Morgan fingerprint density at radius 2 is 2.16 bits per heavy atom. The van der Waals surface area contributed by atoms with Gasteiger partial charge in [-0.3, -0.25) is 9.78 Å². The number of nitrogens with zero attached hydrogens (tertiary/aromatic N) is 2. The van der Waals surface area contributed by atoms with Crippen LogP contribution in [0, 0.1) is 17.2 Å². The van der Waals surface area contributed by atoms with E-state index in [4.69, 9.17) is 0 Å². The van der Waals surface area contributed by atoms with Crippen molar-refractivity contribution in [1.82, 2.24) is 4.98 Å². The predicted molar refractivity (Wildman–Crippen MR) is 73.4 cm³/mol. The van der Waals surface area contributed by atoms with Crippen molar-refractivity contribution in [3.8, 4) is 6.07 Å². The van der Waals surface area contributed by atoms with Gasteiger partial charge in [0.25, 0.3) is 0 Å². The van der Waals surface area contributed by atoms with E-state index in [1.807, 2.05) is 6.07 Å². The summed E-state index contributed by atoms with van der Waals surface area (Å²) in [7, 11) is 0. The van der Waals surface area contributed by atoms with Crippen LogP contribution in [0.2, 0.25) is 0 Å². The van der Waals surface area contributed by atoms with Gasteiger partial charge in [-0.15, -0.1) is 0 Å². The van der Waals surface area contributed by atoms with Crippen molar-refractivity contribution in [3.05, 3.63) is 30.1 Å². The van der Waals surface area contributed by atoms with Gasteiger partial charge in [0.1, 0.15) is 5.92 Å². The fourth-order valence-corrected chi connectivity index (χ4v) is 2.82. The van der Waals surface area contributed by atoms with Gasteiger partial charge in [0.2, 0.25) is 0 Å². The topological polar surface area (TPSA) is 53.8 Å². The first-order chi connectivity index (χ1) is 9.31. The van der Waals surface area contributed by atoms with Crippen LogP contribution < -0.4 is 0 Å². The number of hydrogen-bond donors (Lipinski definition) is 0. The Morgan fingerprint density at radius 1 is 1.37 bits per heavy atom. The Morgan fingerprint density at radius 3 is 2.79 bits per heavy atom. The van der Waals surface area contributed by atoms with Gasteiger partial charge in [-0.1, -0.05) is 38.2 Å². The first-order valence-electron chi connectivity index (χ1n) is 7.14. The van der Waals surface area contributed by atoms with Crippen molar-refractivity contribution >= 4 is 5.78 Å². The van der Waals surface area contributed by atoms with E-state index in [0.717, 1.165) is 6.42 Å². The Bertz CT molecular complexity index is 444. The highest BCUT2D eigenvalue weighted by Crippen LogP contribution is 2.28. The Hall–Kier alpha value is -1.69. The minimum absolute atomic E-state index is 0.0202. The second kappa shape index (κ2) is 7.04. The number of aromatic nitrogens is 1. The lowest BCUT2D eigenvalue weighted by Crippen LogP contribution is -2.15. The molecule has 2 rings (SSSR count). The third kappa shape index (κ3) is 3.89. The molecule has 19 heavy (non-hydrogen) atoms. The summed E-state index contributed by atoms with van der Waals surface area (Å²) in [6, 6.07) is 7.47. The fourth-order valence-electron chi connectivity index (χ4n) is 2.82. The number of rotatable bonds is 5. The number of carbonyl (C=O) groups excluding carboxylic acids is 1. The van der Waals surface area contributed by atoms with E-state index in [1.54, 1.807) is 18.3 Å². The summed E-state index contributed by atoms with van der Waals surface area (Å²) in [5.74, 6) is 0.0114. The molecule has 100 valence electrons. The Kier molecular flexibility index (Phi) is 5.09. The maximum atomic E-state index is 12.2. The molecule has 3 heteroatoms. The van der Waals surface area contributed by atoms with Crippen LogP contribution in [0.15, 0.2) is 24.4 Å². The van der Waals surface area contributed by atoms with Crippen molar-refractivity contribution in [1.29, 1.82) is 5.26 Å². The number of pyridine rings is 1. The van der Waals surface area contributed by atoms with Crippen molar-refractivity contribution in [2.45, 2.75) is 50.9 Å². The van der Waals surface area contributed by atoms with Gasteiger partial charge >= 0.3 is 0 Å². The lowest BCUT2D eigenvalue weighted by atomic mass is 9.84. The van der Waals surface area contributed by atoms with E-state index in [2.05, 4.69) is 11.1 Å². The second-order valence-corrected chi connectivity index (χ2v) is 5.33. The second-order valence-electron chi connectivity index (χ2n) is 5.33. The van der Waals surface area contributed by atoms with Crippen LogP contribution in [0.1, 0.15) is 56.6 Å². The molecule has 0 aromatic carbocycles. The molecular formula is C16H20N2O. The van der Waals surface area contributed by atoms with E-state index in [0.29, 0.717) is 18.0 Å². The number of carbonyl (C=O) groups is 1. The third-order valence-corrected chi connectivity index (χ3v) is 3.96. The number of Topliss-reactive ketones (excluding diaryl/α,β-unsaturated/α-hetero) is 1. The molecular weight excluding hydrogens is 236 g/mol. The molecule has 0 N–H and O–H groups in total. The van der Waals surface area contributed by atoms with Crippen LogP contribution >= 0.6 is 0 Å². The van der Waals surface area contributed by atoms with E-state index in [1.165, 1.54) is 32.1 Å². The predicted octanol–water partition coefficient (Wildman–Crippen LogP) is 3.62. The molecule has 1 heterocycles. The summed E-state index contributed by atoms with van der Waals surface area (Å²) in [6.07, 6.45) is 9.49. The standard InChI is InChI=1S/C16H20N2O/c17-12-14(15-8-4-5-11-18-15)16(19)10-9-13-6-2-1-3-7-13/h4-5,8,11,13-14H,1-3,6-7,9-10H2/t14-/m0/s1. The number of ketones is 1. The van der Waals surface area contributed by atoms with Gasteiger partial charge in [-0.2, -0.15) is 5.26 Å². The summed E-state index contributed by atoms with van der Waals surface area (Å²) in [6.45, 7) is 0. The van der Waals surface area contributed by atoms with Crippen LogP contribution in [0.3, 0.4) is 0 Å². The molecule has 1 aromatic rings. The summed E-state index contributed by atoms with van der Waals surface area (Å²) in [4.78, 5) is 16.3. The summed E-state index contributed by atoms with van der Waals surface area (Å²) < 4.78 is 0. The van der Waals surface area contributed by atoms with E-state index in [9.17, 15) is 10.1 Å². The monoisotopic (exact) mass is 256 g/mol. The molecule has 0 spiro atoms. The maximum Gasteiger partial charge on any atom is 0.156 e. The molecule has 0 bridgehead atoms. The maximum absolute atomic E-state index is 12.2. The largest absolute Gasteiger partial charge is 0.298 e. The zero-order valence-electron chi connectivity index (χ0n) is 11.2. The Labute approximate surface area is 114 Å². The van der Waals surface area contributed by atoms with E-state index >= 15 is 0 Å². The van der Waals surface area contributed by atoms with Crippen LogP contribution in [0.25, 0.3) is 0 Å². The molecule has 0 aliphatic heterocycles. The molecule has 1 aliphatic rings. The summed E-state index contributed by atoms with van der Waals surface area (Å²) in [5, 5.41) is 9.18. The summed E-state index contributed by atoms with van der Waals surface area (Å²) in [5.41, 5.74) is 0.582. The molecule has 3 nitrogen and oxygen atoms in total. The summed E-state index contributed by atoms with van der Waals surface area (Å²) >= 11 is 0. The van der Waals surface area contributed by atoms with E-state index in [-0.39, 0.29) is 5.78 Å². The highest BCUT2D eigenvalue weighted by molar-refractivity contribution is 5.87. The smallest absolute Gasteiger partial charge is 0.156 e. The van der Waals surface area contributed by atoms with Gasteiger partial charge in [-0.05, 0) is 24.5 Å². The lowest BCUT2D eigenvalue weighted by molar-refractivity contribution is -0.119. The van der Waals surface area contributed by atoms with Crippen LogP contribution in [0.4, 0.5) is 0 Å². The first kappa shape index (κ1) is 13.7. The van der Waals surface area contributed by atoms with Crippen LogP contribution in [-0.2, 0) is 4.79 Å². The molecule has 1 atom stereocenters. The van der Waals surface area contributed by atoms with Gasteiger partial charge in [0.05, 0.1) is 11.8 Å². The van der Waals surface area contributed by atoms with E-state index < -0.39 is 5.92 Å². The molecule has 0 radical (unpaired) electrons. The van der Waals surface area contributed by atoms with Crippen LogP contribution in [-0.4, -0.2) is 10.8 Å². The third-order valence-electron chi connectivity index (χ3n) is 3.96. The van der Waals surface area contributed by atoms with Crippen molar-refractivity contribution < 1.29 is 4.79 Å². The van der Waals surface area contributed by atoms with Gasteiger partial charge in [-0.25, -0.2) is 0 Å². The highest BCUT2D eigenvalue weighted by Gasteiger charge is 2.22. The van der Waals surface area contributed by atoms with Gasteiger partial charge in [0.15, 0.2) is 5.78 Å². The van der Waals surface area contributed by atoms with Gasteiger partial charge in [0, 0.05) is 12.6 Å². The average Bonchev–Trinajstić information content (AvgIpc) is 2.48. The number of nitriles is 1. The van der Waals surface area contributed by atoms with Crippen molar-refractivity contribution in [3.63, 3.8) is 0 Å². The molecule has 1 aliphatic carbocycles. The SMILES string of the molecule is N#C[C@H](C(=O)CCC1CCCCC1)c1ccccn1. The molecule has 0 saturated heterocycles. The number of hydrogen-bond acceptors (Lipinski definition) is 3. The first-order valence-corrected chi connectivity index (χ1v) is 7.14. The fraction of sp³-hybridized carbons (Fsp3) is 0.562. The minimum atomic E-state index is -0.690. The lowest BCUT2D eigenvalue weighted by Gasteiger charge is -2.21. The zero-order valence-corrected chi connectivity index (χ0v) is 11.2. The quantitative estimate of drug-likeness (QED) is 0.808. The Balaban J connectivity index is 1.89. The molecule has 0 unspecified atom stereocenters. The molecule has 0 amide bonds. The minimum Gasteiger partial charge on any atom is -0.298 e.